The summed E-state index contributed by atoms with van der Waals surface area (Å²) in [6, 6.07) is 3.81. The van der Waals surface area contributed by atoms with Gasteiger partial charge in [0.15, 0.2) is 0 Å². The van der Waals surface area contributed by atoms with Gasteiger partial charge < -0.3 is 10.3 Å². The first-order valence-corrected chi connectivity index (χ1v) is 7.20. The Bertz CT molecular complexity index is 769. The summed E-state index contributed by atoms with van der Waals surface area (Å²) >= 11 is 0. The van der Waals surface area contributed by atoms with E-state index in [9.17, 15) is 4.79 Å². The number of anilines is 1. The van der Waals surface area contributed by atoms with E-state index in [0.717, 1.165) is 34.9 Å². The number of carbonyl (C=O) groups excluding carboxylic acids is 1. The fourth-order valence-electron chi connectivity index (χ4n) is 2.93. The number of amides is 1. The number of aromatic nitrogens is 2. The Labute approximate surface area is 124 Å². The molecule has 0 radical (unpaired) electrons. The third-order valence-electron chi connectivity index (χ3n) is 4.06. The fraction of sp³-hybridized carbons (Fsp3) is 0.294. The van der Waals surface area contributed by atoms with Gasteiger partial charge in [-0.1, -0.05) is 6.92 Å². The molecule has 0 saturated heterocycles. The lowest BCUT2D eigenvalue weighted by molar-refractivity contribution is -0.110. The highest BCUT2D eigenvalue weighted by molar-refractivity contribution is 6.34. The van der Waals surface area contributed by atoms with Crippen molar-refractivity contribution in [2.75, 3.05) is 5.32 Å². The molecule has 3 rings (SSSR count). The molecule has 0 fully saturated rings. The zero-order chi connectivity index (χ0) is 15.1. The molecular weight excluding hydrogens is 262 g/mol. The summed E-state index contributed by atoms with van der Waals surface area (Å²) in [5, 5.41) is 2.87. The number of nitrogens with one attached hydrogen (secondary N) is 2. The van der Waals surface area contributed by atoms with Crippen molar-refractivity contribution in [3.05, 3.63) is 46.0 Å². The SMILES string of the molecule is CCc1c(C)[nH]c(C=C2C(=O)Nc3ccc(C)nc32)c1C. The van der Waals surface area contributed by atoms with Crippen LogP contribution in [0.25, 0.3) is 11.6 Å². The number of hydrogen-bond donors (Lipinski definition) is 2. The van der Waals surface area contributed by atoms with E-state index in [0.29, 0.717) is 5.57 Å². The van der Waals surface area contributed by atoms with Gasteiger partial charge in [-0.3, -0.25) is 9.78 Å². The zero-order valence-electron chi connectivity index (χ0n) is 12.8. The average Bonchev–Trinajstić information content (AvgIpc) is 2.88. The molecule has 108 valence electrons. The van der Waals surface area contributed by atoms with Crippen molar-refractivity contribution in [2.24, 2.45) is 0 Å². The van der Waals surface area contributed by atoms with E-state index < -0.39 is 0 Å². The molecule has 4 heteroatoms. The van der Waals surface area contributed by atoms with Crippen LogP contribution >= 0.6 is 0 Å². The highest BCUT2D eigenvalue weighted by atomic mass is 16.2. The van der Waals surface area contributed by atoms with Gasteiger partial charge in [0.05, 0.1) is 17.0 Å². The predicted octanol–water partition coefficient (Wildman–Crippen LogP) is 3.39. The molecule has 0 saturated carbocycles. The minimum atomic E-state index is -0.0900. The van der Waals surface area contributed by atoms with Crippen LogP contribution in [0.3, 0.4) is 0 Å². The number of fused-ring (bicyclic) bond motifs is 1. The number of pyridine rings is 1. The van der Waals surface area contributed by atoms with Gasteiger partial charge in [-0.15, -0.1) is 0 Å². The number of carbonyl (C=O) groups is 1. The molecule has 0 aliphatic carbocycles. The van der Waals surface area contributed by atoms with Crippen LogP contribution in [0.1, 0.15) is 40.8 Å². The van der Waals surface area contributed by atoms with Gasteiger partial charge in [0.25, 0.3) is 5.91 Å². The molecule has 21 heavy (non-hydrogen) atoms. The number of hydrogen-bond acceptors (Lipinski definition) is 2. The molecule has 0 atom stereocenters. The number of aryl methyl sites for hydroxylation is 2. The van der Waals surface area contributed by atoms with Crippen molar-refractivity contribution in [3.63, 3.8) is 0 Å². The van der Waals surface area contributed by atoms with Gasteiger partial charge in [0, 0.05) is 17.1 Å². The molecular formula is C17H19N3O. The Morgan fingerprint density at radius 2 is 2.00 bits per heavy atom. The van der Waals surface area contributed by atoms with Gasteiger partial charge in [0.2, 0.25) is 0 Å². The van der Waals surface area contributed by atoms with E-state index >= 15 is 0 Å². The average molecular weight is 281 g/mol. The molecule has 3 heterocycles. The van der Waals surface area contributed by atoms with Crippen LogP contribution in [0.4, 0.5) is 5.69 Å². The second-order valence-corrected chi connectivity index (χ2v) is 5.48. The van der Waals surface area contributed by atoms with Gasteiger partial charge in [-0.2, -0.15) is 0 Å². The van der Waals surface area contributed by atoms with Crippen molar-refractivity contribution in [1.82, 2.24) is 9.97 Å². The molecule has 1 aliphatic heterocycles. The molecule has 0 bridgehead atoms. The Morgan fingerprint density at radius 1 is 1.24 bits per heavy atom. The third kappa shape index (κ3) is 2.17. The van der Waals surface area contributed by atoms with Gasteiger partial charge in [-0.05, 0) is 56.5 Å². The predicted molar refractivity (Wildman–Crippen MR) is 85.1 cm³/mol. The fourth-order valence-corrected chi connectivity index (χ4v) is 2.93. The normalized spacial score (nSPS) is 15.4. The highest BCUT2D eigenvalue weighted by Gasteiger charge is 2.26. The second-order valence-electron chi connectivity index (χ2n) is 5.48. The first-order valence-electron chi connectivity index (χ1n) is 7.20. The smallest absolute Gasteiger partial charge is 0.258 e. The lowest BCUT2D eigenvalue weighted by Crippen LogP contribution is -2.03. The minimum absolute atomic E-state index is 0.0900. The Hall–Kier alpha value is -2.36. The summed E-state index contributed by atoms with van der Waals surface area (Å²) in [6.45, 7) is 8.23. The number of nitrogens with zero attached hydrogens (tertiary/aromatic N) is 1. The summed E-state index contributed by atoms with van der Waals surface area (Å²) in [7, 11) is 0. The number of rotatable bonds is 2. The van der Waals surface area contributed by atoms with Crippen molar-refractivity contribution >= 4 is 23.2 Å². The standard InChI is InChI=1S/C17H19N3O/c1-5-12-10(3)15(19-11(12)4)8-13-16-14(20-17(13)21)7-6-9(2)18-16/h6-8,19H,5H2,1-4H3,(H,20,21). The quantitative estimate of drug-likeness (QED) is 0.829. The first-order chi connectivity index (χ1) is 10.0. The zero-order valence-corrected chi connectivity index (χ0v) is 12.8. The summed E-state index contributed by atoms with van der Waals surface area (Å²) in [5.41, 5.74) is 7.74. The van der Waals surface area contributed by atoms with Crippen LogP contribution in [-0.2, 0) is 11.2 Å². The topological polar surface area (TPSA) is 57.8 Å². The van der Waals surface area contributed by atoms with E-state index in [4.69, 9.17) is 0 Å². The first kappa shape index (κ1) is 13.6. The van der Waals surface area contributed by atoms with Gasteiger partial charge in [-0.25, -0.2) is 0 Å². The largest absolute Gasteiger partial charge is 0.359 e. The van der Waals surface area contributed by atoms with Crippen LogP contribution in [0.5, 0.6) is 0 Å². The highest BCUT2D eigenvalue weighted by Crippen LogP contribution is 2.32. The van der Waals surface area contributed by atoms with E-state index in [-0.39, 0.29) is 5.91 Å². The van der Waals surface area contributed by atoms with Crippen molar-refractivity contribution < 1.29 is 4.79 Å². The third-order valence-corrected chi connectivity index (χ3v) is 4.06. The van der Waals surface area contributed by atoms with Crippen molar-refractivity contribution in [2.45, 2.75) is 34.1 Å². The maximum atomic E-state index is 12.2. The Kier molecular flexibility index (Phi) is 3.16. The maximum Gasteiger partial charge on any atom is 0.258 e. The summed E-state index contributed by atoms with van der Waals surface area (Å²) < 4.78 is 0. The number of H-pyrrole nitrogens is 1. The molecule has 0 aromatic carbocycles. The van der Waals surface area contributed by atoms with Crippen molar-refractivity contribution in [1.29, 1.82) is 0 Å². The van der Waals surface area contributed by atoms with Crippen LogP contribution in [0.2, 0.25) is 0 Å². The van der Waals surface area contributed by atoms with E-state index in [1.54, 1.807) is 0 Å². The van der Waals surface area contributed by atoms with Gasteiger partial charge >= 0.3 is 0 Å². The molecule has 0 unspecified atom stereocenters. The summed E-state index contributed by atoms with van der Waals surface area (Å²) in [5.74, 6) is -0.0900. The van der Waals surface area contributed by atoms with E-state index in [1.165, 1.54) is 11.1 Å². The summed E-state index contributed by atoms with van der Waals surface area (Å²) in [4.78, 5) is 20.1. The minimum Gasteiger partial charge on any atom is -0.359 e. The lowest BCUT2D eigenvalue weighted by Gasteiger charge is -2.00. The molecule has 2 aromatic rings. The molecule has 1 amide bonds. The van der Waals surface area contributed by atoms with E-state index in [2.05, 4.69) is 36.1 Å². The molecule has 0 spiro atoms. The molecule has 2 N–H and O–H groups in total. The lowest BCUT2D eigenvalue weighted by atomic mass is 10.1. The van der Waals surface area contributed by atoms with Crippen LogP contribution < -0.4 is 5.32 Å². The van der Waals surface area contributed by atoms with Gasteiger partial charge in [0.1, 0.15) is 0 Å². The molecule has 2 aromatic heterocycles. The van der Waals surface area contributed by atoms with E-state index in [1.807, 2.05) is 25.1 Å². The van der Waals surface area contributed by atoms with Crippen molar-refractivity contribution in [3.8, 4) is 0 Å². The Balaban J connectivity index is 2.13. The summed E-state index contributed by atoms with van der Waals surface area (Å²) in [6.07, 6.45) is 2.90. The second kappa shape index (κ2) is 4.88. The monoisotopic (exact) mass is 281 g/mol. The van der Waals surface area contributed by atoms with Crippen LogP contribution in [-0.4, -0.2) is 15.9 Å². The molecule has 1 aliphatic rings. The Morgan fingerprint density at radius 3 is 2.67 bits per heavy atom. The number of aromatic amines is 1. The van der Waals surface area contributed by atoms with Crippen LogP contribution in [0.15, 0.2) is 12.1 Å². The molecule has 4 nitrogen and oxygen atoms in total. The van der Waals surface area contributed by atoms with Crippen LogP contribution in [0, 0.1) is 20.8 Å². The maximum absolute atomic E-state index is 12.2.